The Morgan fingerprint density at radius 3 is 2.56 bits per heavy atom. The van der Waals surface area contributed by atoms with E-state index < -0.39 is 0 Å². The molecule has 1 aliphatic heterocycles. The molecule has 0 aromatic heterocycles. The van der Waals surface area contributed by atoms with Gasteiger partial charge in [-0.2, -0.15) is 0 Å². The van der Waals surface area contributed by atoms with Crippen LogP contribution in [0.5, 0.6) is 5.75 Å². The zero-order valence-corrected chi connectivity index (χ0v) is 11.1. The molecule has 1 saturated heterocycles. The first-order valence-corrected chi connectivity index (χ1v) is 6.48. The van der Waals surface area contributed by atoms with Gasteiger partial charge >= 0.3 is 0 Å². The molecule has 100 valence electrons. The number of aliphatic hydroxyl groups excluding tert-OH is 1. The first-order chi connectivity index (χ1) is 8.61. The van der Waals surface area contributed by atoms with Crippen LogP contribution in [0.15, 0.2) is 18.2 Å². The van der Waals surface area contributed by atoms with Gasteiger partial charge in [-0.25, -0.2) is 0 Å². The molecule has 0 spiro atoms. The molecule has 4 heteroatoms. The van der Waals surface area contributed by atoms with Crippen molar-refractivity contribution in [2.75, 3.05) is 30.8 Å². The molecule has 1 fully saturated rings. The second kappa shape index (κ2) is 5.48. The van der Waals surface area contributed by atoms with Gasteiger partial charge in [-0.3, -0.25) is 0 Å². The van der Waals surface area contributed by atoms with Gasteiger partial charge in [0.2, 0.25) is 0 Å². The average molecular weight is 250 g/mol. The Kier molecular flexibility index (Phi) is 3.97. The summed E-state index contributed by atoms with van der Waals surface area (Å²) in [6.07, 6.45) is 1.83. The largest absolute Gasteiger partial charge is 0.497 e. The molecule has 1 aromatic rings. The molecule has 1 aromatic carbocycles. The smallest absolute Gasteiger partial charge is 0.121 e. The molecule has 3 N–H and O–H groups in total. The molecule has 18 heavy (non-hydrogen) atoms. The third-order valence-corrected chi connectivity index (χ3v) is 3.80. The summed E-state index contributed by atoms with van der Waals surface area (Å²) >= 11 is 0. The summed E-state index contributed by atoms with van der Waals surface area (Å²) in [7, 11) is 1.64. The van der Waals surface area contributed by atoms with Crippen LogP contribution >= 0.6 is 0 Å². The van der Waals surface area contributed by atoms with E-state index in [1.54, 1.807) is 7.11 Å². The highest BCUT2D eigenvalue weighted by molar-refractivity contribution is 5.69. The van der Waals surface area contributed by atoms with Crippen LogP contribution in [-0.4, -0.2) is 31.4 Å². The van der Waals surface area contributed by atoms with Crippen molar-refractivity contribution in [3.8, 4) is 5.75 Å². The number of anilines is 2. The molecule has 0 radical (unpaired) electrons. The lowest BCUT2D eigenvalue weighted by atomic mass is 9.92. The topological polar surface area (TPSA) is 58.7 Å². The summed E-state index contributed by atoms with van der Waals surface area (Å²) in [6, 6.07) is 5.80. The highest BCUT2D eigenvalue weighted by Gasteiger charge is 2.23. The highest BCUT2D eigenvalue weighted by atomic mass is 16.5. The molecule has 0 amide bonds. The lowest BCUT2D eigenvalue weighted by Crippen LogP contribution is -2.37. The van der Waals surface area contributed by atoms with Gasteiger partial charge in [0.1, 0.15) is 5.75 Å². The summed E-state index contributed by atoms with van der Waals surface area (Å²) in [6.45, 7) is 3.78. The molecule has 2 rings (SSSR count). The molecule has 1 aliphatic rings. The van der Waals surface area contributed by atoms with Crippen LogP contribution in [0, 0.1) is 5.92 Å². The number of rotatable bonds is 3. The minimum absolute atomic E-state index is 0.208. The second-order valence-corrected chi connectivity index (χ2v) is 4.99. The van der Waals surface area contributed by atoms with E-state index in [1.165, 1.54) is 0 Å². The number of piperidine rings is 1. The van der Waals surface area contributed by atoms with E-state index in [9.17, 15) is 5.11 Å². The van der Waals surface area contributed by atoms with Crippen LogP contribution < -0.4 is 15.4 Å². The van der Waals surface area contributed by atoms with Gasteiger partial charge in [-0.15, -0.1) is 0 Å². The summed E-state index contributed by atoms with van der Waals surface area (Å²) in [5, 5.41) is 9.60. The number of nitrogen functional groups attached to an aromatic ring is 1. The molecule has 1 unspecified atom stereocenters. The fraction of sp³-hybridized carbons (Fsp3) is 0.571. The Balaban J connectivity index is 2.05. The quantitative estimate of drug-likeness (QED) is 0.804. The summed E-state index contributed by atoms with van der Waals surface area (Å²) < 4.78 is 5.15. The van der Waals surface area contributed by atoms with Crippen molar-refractivity contribution in [1.82, 2.24) is 0 Å². The SMILES string of the molecule is COc1ccc(N2CCC(C(C)O)CC2)c(N)c1. The maximum absolute atomic E-state index is 9.60. The molecule has 0 saturated carbocycles. The molecular formula is C14H22N2O2. The number of hydrogen-bond acceptors (Lipinski definition) is 4. The number of benzene rings is 1. The van der Waals surface area contributed by atoms with Gasteiger partial charge in [0, 0.05) is 19.2 Å². The van der Waals surface area contributed by atoms with Crippen LogP contribution in [0.3, 0.4) is 0 Å². The van der Waals surface area contributed by atoms with Crippen LogP contribution in [0.4, 0.5) is 11.4 Å². The van der Waals surface area contributed by atoms with E-state index in [-0.39, 0.29) is 6.10 Å². The normalized spacial score (nSPS) is 18.7. The summed E-state index contributed by atoms with van der Waals surface area (Å²) in [5.41, 5.74) is 7.87. The molecule has 0 bridgehead atoms. The fourth-order valence-corrected chi connectivity index (χ4v) is 2.57. The van der Waals surface area contributed by atoms with Crippen molar-refractivity contribution in [2.24, 2.45) is 5.92 Å². The second-order valence-electron chi connectivity index (χ2n) is 4.99. The molecule has 1 atom stereocenters. The van der Waals surface area contributed by atoms with Gasteiger partial charge in [-0.05, 0) is 37.8 Å². The maximum Gasteiger partial charge on any atom is 0.121 e. The van der Waals surface area contributed by atoms with E-state index in [1.807, 2.05) is 25.1 Å². The lowest BCUT2D eigenvalue weighted by molar-refractivity contribution is 0.110. The Morgan fingerprint density at radius 2 is 2.06 bits per heavy atom. The van der Waals surface area contributed by atoms with E-state index >= 15 is 0 Å². The van der Waals surface area contributed by atoms with Gasteiger partial charge in [-0.1, -0.05) is 0 Å². The molecule has 4 nitrogen and oxygen atoms in total. The van der Waals surface area contributed by atoms with Crippen molar-refractivity contribution in [2.45, 2.75) is 25.9 Å². The van der Waals surface area contributed by atoms with Crippen LogP contribution in [-0.2, 0) is 0 Å². The number of nitrogens with zero attached hydrogens (tertiary/aromatic N) is 1. The number of ether oxygens (including phenoxy) is 1. The number of nitrogens with two attached hydrogens (primary N) is 1. The van der Waals surface area contributed by atoms with Crippen molar-refractivity contribution in [1.29, 1.82) is 0 Å². The predicted molar refractivity (Wildman–Crippen MR) is 74.0 cm³/mol. The Hall–Kier alpha value is -1.42. The third-order valence-electron chi connectivity index (χ3n) is 3.80. The Morgan fingerprint density at radius 1 is 1.39 bits per heavy atom. The van der Waals surface area contributed by atoms with Crippen molar-refractivity contribution in [3.05, 3.63) is 18.2 Å². The van der Waals surface area contributed by atoms with E-state index in [2.05, 4.69) is 4.90 Å². The van der Waals surface area contributed by atoms with Gasteiger partial charge in [0.25, 0.3) is 0 Å². The van der Waals surface area contributed by atoms with Gasteiger partial charge < -0.3 is 20.5 Å². The zero-order valence-electron chi connectivity index (χ0n) is 11.1. The van der Waals surface area contributed by atoms with Crippen LogP contribution in [0.2, 0.25) is 0 Å². The predicted octanol–water partition coefficient (Wildman–Crippen LogP) is 1.87. The lowest BCUT2D eigenvalue weighted by Gasteiger charge is -2.35. The first-order valence-electron chi connectivity index (χ1n) is 6.48. The zero-order chi connectivity index (χ0) is 13.1. The first kappa shape index (κ1) is 13.0. The van der Waals surface area contributed by atoms with E-state index in [0.29, 0.717) is 5.92 Å². The van der Waals surface area contributed by atoms with Crippen LogP contribution in [0.1, 0.15) is 19.8 Å². The molecular weight excluding hydrogens is 228 g/mol. The van der Waals surface area contributed by atoms with Crippen LogP contribution in [0.25, 0.3) is 0 Å². The number of methoxy groups -OCH3 is 1. The van der Waals surface area contributed by atoms with Crippen molar-refractivity contribution >= 4 is 11.4 Å². The fourth-order valence-electron chi connectivity index (χ4n) is 2.57. The molecule has 1 heterocycles. The molecule has 0 aliphatic carbocycles. The number of aliphatic hydroxyl groups is 1. The minimum Gasteiger partial charge on any atom is -0.497 e. The van der Waals surface area contributed by atoms with Crippen molar-refractivity contribution in [3.63, 3.8) is 0 Å². The Labute approximate surface area is 108 Å². The monoisotopic (exact) mass is 250 g/mol. The third kappa shape index (κ3) is 2.70. The maximum atomic E-state index is 9.60. The minimum atomic E-state index is -0.208. The Bertz CT molecular complexity index is 399. The van der Waals surface area contributed by atoms with Crippen molar-refractivity contribution < 1.29 is 9.84 Å². The van der Waals surface area contributed by atoms with E-state index in [0.717, 1.165) is 43.1 Å². The highest BCUT2D eigenvalue weighted by Crippen LogP contribution is 2.31. The standard InChI is InChI=1S/C14H22N2O2/c1-10(17)11-5-7-16(8-6-11)14-4-3-12(18-2)9-13(14)15/h3-4,9-11,17H,5-8,15H2,1-2H3. The summed E-state index contributed by atoms with van der Waals surface area (Å²) in [5.74, 6) is 1.20. The van der Waals surface area contributed by atoms with Gasteiger partial charge in [0.05, 0.1) is 24.6 Å². The summed E-state index contributed by atoms with van der Waals surface area (Å²) in [4.78, 5) is 2.29. The number of hydrogen-bond donors (Lipinski definition) is 2. The van der Waals surface area contributed by atoms with E-state index in [4.69, 9.17) is 10.5 Å². The average Bonchev–Trinajstić information content (AvgIpc) is 2.38. The van der Waals surface area contributed by atoms with Gasteiger partial charge in [0.15, 0.2) is 0 Å².